The van der Waals surface area contributed by atoms with Crippen LogP contribution in [0.3, 0.4) is 0 Å². The maximum Gasteiger partial charge on any atom is 0.104 e. The Kier molecular flexibility index (Phi) is 5.95. The summed E-state index contributed by atoms with van der Waals surface area (Å²) in [5.41, 5.74) is 5.04. The van der Waals surface area contributed by atoms with Gasteiger partial charge >= 0.3 is 0 Å². The quantitative estimate of drug-likeness (QED) is 0.591. The smallest absolute Gasteiger partial charge is 0.104 e. The Balaban J connectivity index is 0.000000167. The van der Waals surface area contributed by atoms with Crippen LogP contribution in [-0.2, 0) is 14.2 Å². The van der Waals surface area contributed by atoms with Gasteiger partial charge in [-0.15, -0.1) is 0 Å². The van der Waals surface area contributed by atoms with Crippen molar-refractivity contribution in [3.8, 4) is 22.3 Å². The summed E-state index contributed by atoms with van der Waals surface area (Å²) in [7, 11) is 0. The van der Waals surface area contributed by atoms with Gasteiger partial charge in [0.05, 0.1) is 26.4 Å². The number of benzene rings is 3. The molecule has 5 rings (SSSR count). The molecule has 2 fully saturated rings. The highest BCUT2D eigenvalue weighted by molar-refractivity contribution is 5.70. The molecule has 0 spiro atoms. The maximum atomic E-state index is 5.23. The second-order valence-corrected chi connectivity index (χ2v) is 6.76. The van der Waals surface area contributed by atoms with Gasteiger partial charge in [-0.2, -0.15) is 0 Å². The van der Waals surface area contributed by atoms with Crippen LogP contribution in [0.2, 0.25) is 0 Å². The molecule has 0 radical (unpaired) electrons. The first kappa shape index (κ1) is 17.9. The van der Waals surface area contributed by atoms with Crippen molar-refractivity contribution in [2.45, 2.75) is 12.2 Å². The average Bonchev–Trinajstić information content (AvgIpc) is 3.66. The van der Waals surface area contributed by atoms with Crippen molar-refractivity contribution in [1.29, 1.82) is 0 Å². The van der Waals surface area contributed by atoms with Crippen molar-refractivity contribution in [3.63, 3.8) is 0 Å². The molecule has 0 amide bonds. The number of epoxide rings is 2. The normalized spacial score (nSPS) is 19.7. The van der Waals surface area contributed by atoms with Crippen LogP contribution in [-0.4, -0.2) is 38.6 Å². The minimum atomic E-state index is 0.392. The molecule has 2 aliphatic rings. The standard InChI is InChI=1S/C18H14.C6H10O3/c1-3-7-15(8-4-1)17-11-13-18(14-12-17)16-9-5-2-6-10-16;1(5-3-8-5)7-2-6-4-9-6/h1-14H;5-6H,1-4H2. The molecule has 2 unspecified atom stereocenters. The minimum absolute atomic E-state index is 0.392. The lowest BCUT2D eigenvalue weighted by molar-refractivity contribution is 0.102. The summed E-state index contributed by atoms with van der Waals surface area (Å²) in [4.78, 5) is 0. The van der Waals surface area contributed by atoms with Crippen molar-refractivity contribution in [3.05, 3.63) is 84.9 Å². The molecule has 138 valence electrons. The van der Waals surface area contributed by atoms with Crippen molar-refractivity contribution < 1.29 is 14.2 Å². The minimum Gasteiger partial charge on any atom is -0.376 e. The molecule has 3 aromatic rings. The van der Waals surface area contributed by atoms with Crippen LogP contribution < -0.4 is 0 Å². The molecule has 0 bridgehead atoms. The summed E-state index contributed by atoms with van der Waals surface area (Å²) in [6.45, 7) is 3.26. The van der Waals surface area contributed by atoms with E-state index in [-0.39, 0.29) is 0 Å². The van der Waals surface area contributed by atoms with E-state index in [4.69, 9.17) is 14.2 Å². The molecule has 2 aliphatic heterocycles. The fourth-order valence-electron chi connectivity index (χ4n) is 2.78. The van der Waals surface area contributed by atoms with Gasteiger partial charge < -0.3 is 14.2 Å². The molecule has 3 aromatic carbocycles. The highest BCUT2D eigenvalue weighted by Gasteiger charge is 2.26. The van der Waals surface area contributed by atoms with Crippen LogP contribution in [0.4, 0.5) is 0 Å². The van der Waals surface area contributed by atoms with Gasteiger partial charge in [-0.25, -0.2) is 0 Å². The third-order valence-corrected chi connectivity index (χ3v) is 4.51. The van der Waals surface area contributed by atoms with E-state index in [2.05, 4.69) is 72.8 Å². The van der Waals surface area contributed by atoms with Gasteiger partial charge in [-0.1, -0.05) is 84.9 Å². The first-order valence-electron chi connectivity index (χ1n) is 9.40. The first-order chi connectivity index (χ1) is 13.4. The Morgan fingerprint density at radius 3 is 1.22 bits per heavy atom. The van der Waals surface area contributed by atoms with Gasteiger partial charge in [0.25, 0.3) is 0 Å². The molecule has 3 heteroatoms. The zero-order valence-corrected chi connectivity index (χ0v) is 15.3. The van der Waals surface area contributed by atoms with Crippen LogP contribution in [0.25, 0.3) is 22.3 Å². The van der Waals surface area contributed by atoms with Crippen LogP contribution >= 0.6 is 0 Å². The Labute approximate surface area is 160 Å². The SMILES string of the molecule is C(OCC1CO1)C1CO1.c1ccc(-c2ccc(-c3ccccc3)cc2)cc1. The molecule has 27 heavy (non-hydrogen) atoms. The Hall–Kier alpha value is -2.46. The van der Waals surface area contributed by atoms with Crippen LogP contribution in [0.1, 0.15) is 0 Å². The monoisotopic (exact) mass is 360 g/mol. The van der Waals surface area contributed by atoms with E-state index in [9.17, 15) is 0 Å². The fourth-order valence-corrected chi connectivity index (χ4v) is 2.78. The number of hydrogen-bond donors (Lipinski definition) is 0. The lowest BCUT2D eigenvalue weighted by Gasteiger charge is -2.04. The average molecular weight is 360 g/mol. The summed E-state index contributed by atoms with van der Waals surface area (Å²) < 4.78 is 15.1. The van der Waals surface area contributed by atoms with E-state index >= 15 is 0 Å². The lowest BCUT2D eigenvalue weighted by Crippen LogP contribution is -2.06. The largest absolute Gasteiger partial charge is 0.376 e. The maximum absolute atomic E-state index is 5.23. The zero-order valence-electron chi connectivity index (χ0n) is 15.3. The summed E-state index contributed by atoms with van der Waals surface area (Å²) in [5, 5.41) is 0. The summed E-state index contributed by atoms with van der Waals surface area (Å²) >= 11 is 0. The first-order valence-corrected chi connectivity index (χ1v) is 9.40. The molecule has 0 aliphatic carbocycles. The molecule has 3 nitrogen and oxygen atoms in total. The van der Waals surface area contributed by atoms with Crippen molar-refractivity contribution in [2.24, 2.45) is 0 Å². The summed E-state index contributed by atoms with van der Waals surface area (Å²) in [6, 6.07) is 29.6. The van der Waals surface area contributed by atoms with Gasteiger partial charge in [0.15, 0.2) is 0 Å². The second-order valence-electron chi connectivity index (χ2n) is 6.76. The fraction of sp³-hybridized carbons (Fsp3) is 0.250. The highest BCUT2D eigenvalue weighted by Crippen LogP contribution is 2.24. The van der Waals surface area contributed by atoms with Crippen molar-refractivity contribution in [1.82, 2.24) is 0 Å². The Morgan fingerprint density at radius 2 is 0.889 bits per heavy atom. The highest BCUT2D eigenvalue weighted by atomic mass is 16.6. The lowest BCUT2D eigenvalue weighted by atomic mass is 10.0. The molecule has 0 saturated carbocycles. The topological polar surface area (TPSA) is 34.3 Å². The van der Waals surface area contributed by atoms with Gasteiger partial charge in [0.2, 0.25) is 0 Å². The van der Waals surface area contributed by atoms with Gasteiger partial charge in [0, 0.05) is 0 Å². The molecule has 0 aromatic heterocycles. The van der Waals surface area contributed by atoms with Crippen molar-refractivity contribution in [2.75, 3.05) is 26.4 Å². The predicted octanol–water partition coefficient (Wildman–Crippen LogP) is 4.82. The van der Waals surface area contributed by atoms with E-state index in [1.165, 1.54) is 22.3 Å². The van der Waals surface area contributed by atoms with Crippen LogP contribution in [0.5, 0.6) is 0 Å². The number of rotatable bonds is 6. The van der Waals surface area contributed by atoms with Gasteiger partial charge in [0.1, 0.15) is 12.2 Å². The van der Waals surface area contributed by atoms with Crippen LogP contribution in [0, 0.1) is 0 Å². The Morgan fingerprint density at radius 1 is 0.556 bits per heavy atom. The molecule has 0 N–H and O–H groups in total. The third kappa shape index (κ3) is 5.76. The van der Waals surface area contributed by atoms with Gasteiger partial charge in [-0.05, 0) is 22.3 Å². The van der Waals surface area contributed by atoms with E-state index in [0.29, 0.717) is 12.2 Å². The molecule has 2 atom stereocenters. The molecule has 2 saturated heterocycles. The van der Waals surface area contributed by atoms with E-state index in [1.54, 1.807) is 0 Å². The Bertz CT molecular complexity index is 737. The number of hydrogen-bond acceptors (Lipinski definition) is 3. The second kappa shape index (κ2) is 8.96. The molecular formula is C24H24O3. The van der Waals surface area contributed by atoms with Crippen molar-refractivity contribution >= 4 is 0 Å². The van der Waals surface area contributed by atoms with E-state index in [0.717, 1.165) is 26.4 Å². The molecular weight excluding hydrogens is 336 g/mol. The zero-order chi connectivity index (χ0) is 18.3. The number of ether oxygens (including phenoxy) is 3. The van der Waals surface area contributed by atoms with E-state index in [1.807, 2.05) is 12.1 Å². The van der Waals surface area contributed by atoms with Crippen LogP contribution in [0.15, 0.2) is 84.9 Å². The molecule has 2 heterocycles. The predicted molar refractivity (Wildman–Crippen MR) is 108 cm³/mol. The van der Waals surface area contributed by atoms with Gasteiger partial charge in [-0.3, -0.25) is 0 Å². The third-order valence-electron chi connectivity index (χ3n) is 4.51. The summed E-state index contributed by atoms with van der Waals surface area (Å²) in [6.07, 6.45) is 0.785. The van der Waals surface area contributed by atoms with E-state index < -0.39 is 0 Å². The summed E-state index contributed by atoms with van der Waals surface area (Å²) in [5.74, 6) is 0.